The van der Waals surface area contributed by atoms with Crippen LogP contribution in [-0.4, -0.2) is 16.9 Å². The lowest BCUT2D eigenvalue weighted by Crippen LogP contribution is -2.37. The summed E-state index contributed by atoms with van der Waals surface area (Å²) in [6.07, 6.45) is 5.77. The van der Waals surface area contributed by atoms with E-state index in [1.807, 2.05) is 0 Å². The Morgan fingerprint density at radius 1 is 1.04 bits per heavy atom. The van der Waals surface area contributed by atoms with Crippen molar-refractivity contribution in [1.82, 2.24) is 10.3 Å². The van der Waals surface area contributed by atoms with Gasteiger partial charge in [0.2, 0.25) is 0 Å². The molecular weight excluding hydrogens is 310 g/mol. The molecule has 122 valence electrons. The number of pyridine rings is 1. The second-order valence-electron chi connectivity index (χ2n) is 5.91. The van der Waals surface area contributed by atoms with Gasteiger partial charge in [-0.1, -0.05) is 30.3 Å². The Morgan fingerprint density at radius 2 is 1.74 bits per heavy atom. The summed E-state index contributed by atoms with van der Waals surface area (Å²) in [7, 11) is 0. The first-order valence-electron chi connectivity index (χ1n) is 7.79. The number of nitrogen functional groups attached to an aromatic ring is 1. The van der Waals surface area contributed by atoms with Crippen LogP contribution in [0.15, 0.2) is 48.7 Å². The van der Waals surface area contributed by atoms with Crippen LogP contribution in [0.3, 0.4) is 0 Å². The number of halogens is 1. The number of amides is 1. The first-order chi connectivity index (χ1) is 10.7. The van der Waals surface area contributed by atoms with Crippen LogP contribution < -0.4 is 11.1 Å². The Labute approximate surface area is 142 Å². The number of aromatic nitrogens is 1. The fraction of sp³-hybridized carbons (Fsp3) is 0.333. The van der Waals surface area contributed by atoms with E-state index in [-0.39, 0.29) is 24.4 Å². The van der Waals surface area contributed by atoms with Crippen LogP contribution in [0.1, 0.15) is 47.7 Å². The Balaban J connectivity index is 0.00000192. The topological polar surface area (TPSA) is 68.0 Å². The van der Waals surface area contributed by atoms with Crippen molar-refractivity contribution in [2.75, 3.05) is 5.73 Å². The molecule has 0 spiro atoms. The second kappa shape index (κ2) is 7.97. The van der Waals surface area contributed by atoms with Crippen LogP contribution in [-0.2, 0) is 0 Å². The van der Waals surface area contributed by atoms with Crippen LogP contribution in [0.4, 0.5) is 5.69 Å². The van der Waals surface area contributed by atoms with Gasteiger partial charge in [-0.3, -0.25) is 4.79 Å². The first kappa shape index (κ1) is 17.3. The van der Waals surface area contributed by atoms with Gasteiger partial charge in [-0.25, -0.2) is 4.98 Å². The van der Waals surface area contributed by atoms with Gasteiger partial charge in [0.25, 0.3) is 5.91 Å². The molecule has 0 atom stereocenters. The summed E-state index contributed by atoms with van der Waals surface area (Å²) in [4.78, 5) is 16.2. The normalized spacial score (nSPS) is 20.3. The van der Waals surface area contributed by atoms with Gasteiger partial charge in [0.1, 0.15) is 5.69 Å². The molecule has 0 unspecified atom stereocenters. The number of carbonyl (C=O) groups excluding carboxylic acids is 1. The average Bonchev–Trinajstić information content (AvgIpc) is 2.57. The standard InChI is InChI=1S/C18H21N3O.ClH/c19-15-8-11-17(20-12-15)18(22)21-16-9-6-14(7-10-16)13-4-2-1-3-5-13;/h1-5,8,11-12,14,16H,6-7,9-10,19H2,(H,21,22);1H. The fourth-order valence-corrected chi connectivity index (χ4v) is 3.10. The number of nitrogens with two attached hydrogens (primary N) is 1. The van der Waals surface area contributed by atoms with Crippen molar-refractivity contribution in [1.29, 1.82) is 0 Å². The van der Waals surface area contributed by atoms with Crippen molar-refractivity contribution in [3.05, 3.63) is 59.9 Å². The van der Waals surface area contributed by atoms with Gasteiger partial charge >= 0.3 is 0 Å². The van der Waals surface area contributed by atoms with Crippen molar-refractivity contribution >= 4 is 24.0 Å². The molecule has 0 saturated heterocycles. The molecule has 1 aliphatic rings. The smallest absolute Gasteiger partial charge is 0.270 e. The van der Waals surface area contributed by atoms with Gasteiger partial charge in [0.15, 0.2) is 0 Å². The van der Waals surface area contributed by atoms with E-state index in [0.29, 0.717) is 17.3 Å². The molecule has 0 aliphatic heterocycles. The number of nitrogens with one attached hydrogen (secondary N) is 1. The summed E-state index contributed by atoms with van der Waals surface area (Å²) in [6.45, 7) is 0. The zero-order valence-electron chi connectivity index (χ0n) is 12.9. The number of hydrogen-bond donors (Lipinski definition) is 2. The highest BCUT2D eigenvalue weighted by Crippen LogP contribution is 2.32. The zero-order valence-corrected chi connectivity index (χ0v) is 13.8. The molecule has 1 amide bonds. The SMILES string of the molecule is Cl.Nc1ccc(C(=O)NC2CCC(c3ccccc3)CC2)nc1. The molecule has 23 heavy (non-hydrogen) atoms. The predicted octanol–water partition coefficient (Wildman–Crippen LogP) is 3.54. The van der Waals surface area contributed by atoms with E-state index in [4.69, 9.17) is 5.73 Å². The molecule has 5 heteroatoms. The molecule has 1 saturated carbocycles. The molecule has 2 aromatic rings. The van der Waals surface area contributed by atoms with E-state index >= 15 is 0 Å². The number of hydrogen-bond acceptors (Lipinski definition) is 3. The highest BCUT2D eigenvalue weighted by Gasteiger charge is 2.23. The maximum Gasteiger partial charge on any atom is 0.270 e. The van der Waals surface area contributed by atoms with Crippen LogP contribution in [0.5, 0.6) is 0 Å². The Hall–Kier alpha value is -2.07. The molecule has 3 rings (SSSR count). The Bertz CT molecular complexity index is 622. The van der Waals surface area contributed by atoms with E-state index in [1.54, 1.807) is 12.1 Å². The molecule has 1 aliphatic carbocycles. The predicted molar refractivity (Wildman–Crippen MR) is 94.8 cm³/mol. The highest BCUT2D eigenvalue weighted by atomic mass is 35.5. The third-order valence-corrected chi connectivity index (χ3v) is 4.35. The summed E-state index contributed by atoms with van der Waals surface area (Å²) in [5, 5.41) is 3.08. The fourth-order valence-electron chi connectivity index (χ4n) is 3.10. The highest BCUT2D eigenvalue weighted by molar-refractivity contribution is 5.92. The minimum absolute atomic E-state index is 0. The zero-order chi connectivity index (χ0) is 15.4. The molecule has 3 N–H and O–H groups in total. The minimum Gasteiger partial charge on any atom is -0.397 e. The maximum absolute atomic E-state index is 12.2. The van der Waals surface area contributed by atoms with E-state index in [1.165, 1.54) is 11.8 Å². The largest absolute Gasteiger partial charge is 0.397 e. The van der Waals surface area contributed by atoms with Crippen molar-refractivity contribution in [2.24, 2.45) is 0 Å². The van der Waals surface area contributed by atoms with Gasteiger partial charge in [-0.2, -0.15) is 0 Å². The van der Waals surface area contributed by atoms with Crippen molar-refractivity contribution in [3.8, 4) is 0 Å². The molecule has 0 radical (unpaired) electrons. The molecule has 1 fully saturated rings. The second-order valence-corrected chi connectivity index (χ2v) is 5.91. The summed E-state index contributed by atoms with van der Waals surface area (Å²) in [5.41, 5.74) is 8.00. The van der Waals surface area contributed by atoms with Gasteiger partial charge in [0.05, 0.1) is 11.9 Å². The number of rotatable bonds is 3. The number of carbonyl (C=O) groups is 1. The summed E-state index contributed by atoms with van der Waals surface area (Å²) >= 11 is 0. The maximum atomic E-state index is 12.2. The monoisotopic (exact) mass is 331 g/mol. The third-order valence-electron chi connectivity index (χ3n) is 4.35. The van der Waals surface area contributed by atoms with Crippen LogP contribution in [0, 0.1) is 0 Å². The number of benzene rings is 1. The van der Waals surface area contributed by atoms with Gasteiger partial charge < -0.3 is 11.1 Å². The van der Waals surface area contributed by atoms with E-state index in [9.17, 15) is 4.79 Å². The quantitative estimate of drug-likeness (QED) is 0.903. The van der Waals surface area contributed by atoms with Crippen LogP contribution in [0.25, 0.3) is 0 Å². The van der Waals surface area contributed by atoms with Gasteiger partial charge in [-0.15, -0.1) is 12.4 Å². The Kier molecular flexibility index (Phi) is 5.99. The minimum atomic E-state index is -0.108. The molecule has 4 nitrogen and oxygen atoms in total. The number of nitrogens with zero attached hydrogens (tertiary/aromatic N) is 1. The van der Waals surface area contributed by atoms with Gasteiger partial charge in [-0.05, 0) is 49.3 Å². The summed E-state index contributed by atoms with van der Waals surface area (Å²) in [5.74, 6) is 0.507. The molecule has 1 heterocycles. The van der Waals surface area contributed by atoms with E-state index in [0.717, 1.165) is 25.7 Å². The van der Waals surface area contributed by atoms with E-state index in [2.05, 4.69) is 40.6 Å². The van der Waals surface area contributed by atoms with Crippen molar-refractivity contribution in [2.45, 2.75) is 37.6 Å². The summed E-state index contributed by atoms with van der Waals surface area (Å²) < 4.78 is 0. The summed E-state index contributed by atoms with van der Waals surface area (Å²) in [6, 6.07) is 14.2. The lowest BCUT2D eigenvalue weighted by Gasteiger charge is -2.29. The molecule has 0 bridgehead atoms. The lowest BCUT2D eigenvalue weighted by molar-refractivity contribution is 0.0921. The third kappa shape index (κ3) is 4.45. The average molecular weight is 332 g/mol. The van der Waals surface area contributed by atoms with Crippen molar-refractivity contribution < 1.29 is 4.79 Å². The molecular formula is C18H22ClN3O. The lowest BCUT2D eigenvalue weighted by atomic mass is 9.82. The van der Waals surface area contributed by atoms with Gasteiger partial charge in [0, 0.05) is 6.04 Å². The molecule has 1 aromatic heterocycles. The Morgan fingerprint density at radius 3 is 2.35 bits per heavy atom. The molecule has 1 aromatic carbocycles. The first-order valence-corrected chi connectivity index (χ1v) is 7.79. The van der Waals surface area contributed by atoms with Crippen LogP contribution in [0.2, 0.25) is 0 Å². The number of anilines is 1. The van der Waals surface area contributed by atoms with Crippen molar-refractivity contribution in [3.63, 3.8) is 0 Å². The van der Waals surface area contributed by atoms with Crippen LogP contribution >= 0.6 is 12.4 Å². The van der Waals surface area contributed by atoms with E-state index < -0.39 is 0 Å².